The van der Waals surface area contributed by atoms with Crippen LogP contribution in [0.2, 0.25) is 5.02 Å². The molecule has 0 amide bonds. The lowest BCUT2D eigenvalue weighted by Crippen LogP contribution is -2.26. The van der Waals surface area contributed by atoms with Crippen molar-refractivity contribution >= 4 is 17.3 Å². The molecule has 6 heteroatoms. The Bertz CT molecular complexity index is 1010. The Balaban J connectivity index is 1.47. The van der Waals surface area contributed by atoms with E-state index in [1.54, 1.807) is 18.3 Å². The molecule has 4 rings (SSSR count). The number of halogens is 1. The van der Waals surface area contributed by atoms with Crippen LogP contribution in [0.5, 0.6) is 17.4 Å². The molecule has 0 bridgehead atoms. The third kappa shape index (κ3) is 4.53. The fraction of sp³-hybridized carbons (Fsp3) is 0.292. The maximum Gasteiger partial charge on any atom is 0.232 e. The standard InChI is InChI=1S/C24H26ClN3O2/c1-2-17-6-3-4-8-23(17)29-19-9-10-22(18(14-19)15-26)28-13-11-20(16-28)30-24-21(25)7-5-12-27-24/h3-10,12,14,20H,2,11,13,15-16,26H2,1H3/t20-/m0/s1. The number of ether oxygens (including phenoxy) is 2. The number of benzene rings is 2. The molecule has 2 heterocycles. The Morgan fingerprint density at radius 2 is 2.00 bits per heavy atom. The number of hydrogen-bond acceptors (Lipinski definition) is 5. The molecule has 0 aliphatic carbocycles. The van der Waals surface area contributed by atoms with Gasteiger partial charge in [0, 0.05) is 31.4 Å². The number of rotatable bonds is 7. The quantitative estimate of drug-likeness (QED) is 0.565. The number of anilines is 1. The van der Waals surface area contributed by atoms with E-state index in [0.717, 1.165) is 48.7 Å². The summed E-state index contributed by atoms with van der Waals surface area (Å²) < 4.78 is 12.2. The second kappa shape index (κ2) is 9.37. The highest BCUT2D eigenvalue weighted by Gasteiger charge is 2.26. The summed E-state index contributed by atoms with van der Waals surface area (Å²) in [6.45, 7) is 4.22. The fourth-order valence-corrected chi connectivity index (χ4v) is 3.94. The zero-order valence-electron chi connectivity index (χ0n) is 17.1. The van der Waals surface area contributed by atoms with Gasteiger partial charge >= 0.3 is 0 Å². The lowest BCUT2D eigenvalue weighted by atomic mass is 10.1. The molecule has 0 saturated carbocycles. The largest absolute Gasteiger partial charge is 0.471 e. The van der Waals surface area contributed by atoms with Gasteiger partial charge in [0.2, 0.25) is 5.88 Å². The molecule has 1 fully saturated rings. The molecular formula is C24H26ClN3O2. The molecule has 1 aromatic heterocycles. The van der Waals surface area contributed by atoms with E-state index in [-0.39, 0.29) is 6.10 Å². The van der Waals surface area contributed by atoms with Crippen molar-refractivity contribution in [1.29, 1.82) is 0 Å². The van der Waals surface area contributed by atoms with Crippen LogP contribution in [-0.2, 0) is 13.0 Å². The summed E-state index contributed by atoms with van der Waals surface area (Å²) in [6, 6.07) is 17.8. The average molecular weight is 424 g/mol. The molecule has 0 spiro atoms. The van der Waals surface area contributed by atoms with Gasteiger partial charge in [0.05, 0.1) is 6.54 Å². The number of pyridine rings is 1. The van der Waals surface area contributed by atoms with Crippen molar-refractivity contribution in [2.75, 3.05) is 18.0 Å². The molecule has 1 aliphatic rings. The summed E-state index contributed by atoms with van der Waals surface area (Å²) >= 11 is 6.18. The molecule has 3 aromatic rings. The monoisotopic (exact) mass is 423 g/mol. The minimum atomic E-state index is 0.0374. The van der Waals surface area contributed by atoms with Crippen LogP contribution in [0, 0.1) is 0 Å². The summed E-state index contributed by atoms with van der Waals surface area (Å²) in [7, 11) is 0. The number of nitrogens with zero attached hydrogens (tertiary/aromatic N) is 2. The molecule has 1 saturated heterocycles. The zero-order valence-corrected chi connectivity index (χ0v) is 17.8. The van der Waals surface area contributed by atoms with Crippen molar-refractivity contribution in [1.82, 2.24) is 4.98 Å². The number of para-hydroxylation sites is 1. The molecule has 0 radical (unpaired) electrons. The van der Waals surface area contributed by atoms with Gasteiger partial charge in [-0.05, 0) is 53.9 Å². The first-order valence-electron chi connectivity index (χ1n) is 10.3. The van der Waals surface area contributed by atoms with Gasteiger partial charge in [-0.3, -0.25) is 0 Å². The van der Waals surface area contributed by atoms with Crippen molar-refractivity contribution in [3.8, 4) is 17.4 Å². The highest BCUT2D eigenvalue weighted by molar-refractivity contribution is 6.31. The first-order valence-corrected chi connectivity index (χ1v) is 10.7. The predicted molar refractivity (Wildman–Crippen MR) is 121 cm³/mol. The Labute approximate surface area is 182 Å². The molecule has 0 unspecified atom stereocenters. The summed E-state index contributed by atoms with van der Waals surface area (Å²) in [6.07, 6.45) is 3.55. The van der Waals surface area contributed by atoms with Gasteiger partial charge < -0.3 is 20.1 Å². The van der Waals surface area contributed by atoms with Crippen molar-refractivity contribution in [3.63, 3.8) is 0 Å². The van der Waals surface area contributed by atoms with E-state index >= 15 is 0 Å². The van der Waals surface area contributed by atoms with Crippen molar-refractivity contribution < 1.29 is 9.47 Å². The van der Waals surface area contributed by atoms with Gasteiger partial charge in [0.15, 0.2) is 0 Å². The van der Waals surface area contributed by atoms with E-state index in [4.69, 9.17) is 26.8 Å². The highest BCUT2D eigenvalue weighted by atomic mass is 35.5. The third-order valence-electron chi connectivity index (χ3n) is 5.34. The van der Waals surface area contributed by atoms with Crippen LogP contribution in [0.15, 0.2) is 60.8 Å². The van der Waals surface area contributed by atoms with Gasteiger partial charge in [-0.15, -0.1) is 0 Å². The smallest absolute Gasteiger partial charge is 0.232 e. The number of nitrogens with two attached hydrogens (primary N) is 1. The molecule has 2 aromatic carbocycles. The van der Waals surface area contributed by atoms with E-state index in [9.17, 15) is 0 Å². The van der Waals surface area contributed by atoms with Crippen molar-refractivity contribution in [2.24, 2.45) is 5.73 Å². The van der Waals surface area contributed by atoms with Gasteiger partial charge in [0.1, 0.15) is 22.6 Å². The normalized spacial score (nSPS) is 16.0. The van der Waals surface area contributed by atoms with Crippen LogP contribution < -0.4 is 20.1 Å². The summed E-state index contributed by atoms with van der Waals surface area (Å²) in [5.74, 6) is 2.17. The molecule has 5 nitrogen and oxygen atoms in total. The molecule has 2 N–H and O–H groups in total. The van der Waals surface area contributed by atoms with Crippen LogP contribution in [0.1, 0.15) is 24.5 Å². The SMILES string of the molecule is CCc1ccccc1Oc1ccc(N2CC[C@H](Oc3ncccc3Cl)C2)c(CN)c1. The second-order valence-electron chi connectivity index (χ2n) is 7.32. The number of hydrogen-bond donors (Lipinski definition) is 1. The Kier molecular flexibility index (Phi) is 6.41. The van der Waals surface area contributed by atoms with Gasteiger partial charge in [-0.2, -0.15) is 0 Å². The summed E-state index contributed by atoms with van der Waals surface area (Å²) in [4.78, 5) is 6.53. The second-order valence-corrected chi connectivity index (χ2v) is 7.73. The van der Waals surface area contributed by atoms with Crippen LogP contribution >= 0.6 is 11.6 Å². The maximum absolute atomic E-state index is 6.18. The van der Waals surface area contributed by atoms with E-state index in [0.29, 0.717) is 17.4 Å². The molecule has 1 aliphatic heterocycles. The van der Waals surface area contributed by atoms with Gasteiger partial charge in [0.25, 0.3) is 0 Å². The first-order chi connectivity index (χ1) is 14.7. The zero-order chi connectivity index (χ0) is 20.9. The van der Waals surface area contributed by atoms with Crippen molar-refractivity contribution in [3.05, 3.63) is 76.9 Å². The average Bonchev–Trinajstić information content (AvgIpc) is 3.24. The molecule has 156 valence electrons. The van der Waals surface area contributed by atoms with Crippen molar-refractivity contribution in [2.45, 2.75) is 32.4 Å². The maximum atomic E-state index is 6.18. The molecule has 30 heavy (non-hydrogen) atoms. The fourth-order valence-electron chi connectivity index (χ4n) is 3.78. The molecule has 1 atom stereocenters. The third-order valence-corrected chi connectivity index (χ3v) is 5.63. The number of aryl methyl sites for hydroxylation is 1. The van der Waals surface area contributed by atoms with Crippen LogP contribution in [0.4, 0.5) is 5.69 Å². The Morgan fingerprint density at radius 1 is 1.13 bits per heavy atom. The predicted octanol–water partition coefficient (Wildman–Crippen LogP) is 5.21. The van der Waals surface area contributed by atoms with Crippen LogP contribution in [0.3, 0.4) is 0 Å². The summed E-state index contributed by atoms with van der Waals surface area (Å²) in [5, 5.41) is 0.535. The lowest BCUT2D eigenvalue weighted by Gasteiger charge is -2.22. The Hall–Kier alpha value is -2.76. The molecular weight excluding hydrogens is 398 g/mol. The summed E-state index contributed by atoms with van der Waals surface area (Å²) in [5.41, 5.74) is 9.43. The van der Waals surface area contributed by atoms with E-state index in [2.05, 4.69) is 28.9 Å². The van der Waals surface area contributed by atoms with E-state index in [1.807, 2.05) is 30.3 Å². The van der Waals surface area contributed by atoms with Crippen LogP contribution in [0.25, 0.3) is 0 Å². The first kappa shape index (κ1) is 20.5. The van der Waals surface area contributed by atoms with Gasteiger partial charge in [-0.1, -0.05) is 36.7 Å². The van der Waals surface area contributed by atoms with Gasteiger partial charge in [-0.25, -0.2) is 4.98 Å². The van der Waals surface area contributed by atoms with Crippen LogP contribution in [-0.4, -0.2) is 24.2 Å². The topological polar surface area (TPSA) is 60.6 Å². The minimum absolute atomic E-state index is 0.0374. The number of aromatic nitrogens is 1. The minimum Gasteiger partial charge on any atom is -0.471 e. The van der Waals surface area contributed by atoms with E-state index in [1.165, 1.54) is 5.56 Å². The highest BCUT2D eigenvalue weighted by Crippen LogP contribution is 2.33. The van der Waals surface area contributed by atoms with E-state index < -0.39 is 0 Å². The Morgan fingerprint density at radius 3 is 2.80 bits per heavy atom. The lowest BCUT2D eigenvalue weighted by molar-refractivity contribution is 0.216.